The third kappa shape index (κ3) is 4.22. The molecule has 0 amide bonds. The molecule has 0 heterocycles. The molecule has 0 fully saturated rings. The van der Waals surface area contributed by atoms with Crippen LogP contribution in [0.15, 0.2) is 82.8 Å². The second kappa shape index (κ2) is 8.72. The quantitative estimate of drug-likeness (QED) is 0.502. The van der Waals surface area contributed by atoms with Gasteiger partial charge in [-0.1, -0.05) is 36.4 Å². The van der Waals surface area contributed by atoms with Crippen LogP contribution in [0.3, 0.4) is 0 Å². The zero-order chi connectivity index (χ0) is 18.2. The second-order valence-corrected chi connectivity index (χ2v) is 5.32. The third-order valence-corrected chi connectivity index (χ3v) is 3.66. The summed E-state index contributed by atoms with van der Waals surface area (Å²) in [5.74, 6) is 1.09. The van der Waals surface area contributed by atoms with Gasteiger partial charge >= 0.3 is 16.1 Å². The van der Waals surface area contributed by atoms with Crippen molar-refractivity contribution in [2.75, 3.05) is 0 Å². The summed E-state index contributed by atoms with van der Waals surface area (Å²) >= 11 is 0. The Kier molecular flexibility index (Phi) is 5.88. The maximum atomic E-state index is 5.28. The van der Waals surface area contributed by atoms with E-state index in [2.05, 4.69) is 9.98 Å². The fraction of sp³-hybridized carbons (Fsp3) is 0. The van der Waals surface area contributed by atoms with E-state index in [1.807, 2.05) is 60.7 Å². The van der Waals surface area contributed by atoms with Gasteiger partial charge in [0.2, 0.25) is 0 Å². The van der Waals surface area contributed by atoms with Crippen LogP contribution in [-0.4, -0.2) is 28.5 Å². The molecule has 4 nitrogen and oxygen atoms in total. The Hall–Kier alpha value is -3.27. The second-order valence-electron chi connectivity index (χ2n) is 5.32. The van der Waals surface area contributed by atoms with Gasteiger partial charge in [0.25, 0.3) is 0 Å². The molecular formula is C20H14B2N2O2. The number of benzene rings is 3. The first kappa shape index (κ1) is 17.5. The van der Waals surface area contributed by atoms with E-state index >= 15 is 0 Å². The molecule has 0 N–H and O–H groups in total. The molecule has 0 aromatic heterocycles. The first-order valence-corrected chi connectivity index (χ1v) is 7.90. The lowest BCUT2D eigenvalue weighted by Crippen LogP contribution is -1.91. The lowest BCUT2D eigenvalue weighted by molar-refractivity contribution is 0.615. The van der Waals surface area contributed by atoms with Crippen molar-refractivity contribution in [1.29, 1.82) is 0 Å². The van der Waals surface area contributed by atoms with Gasteiger partial charge in [0, 0.05) is 23.6 Å². The molecule has 0 atom stereocenters. The highest BCUT2D eigenvalue weighted by Crippen LogP contribution is 2.28. The fourth-order valence-corrected chi connectivity index (χ4v) is 2.35. The van der Waals surface area contributed by atoms with E-state index in [1.54, 1.807) is 24.6 Å². The van der Waals surface area contributed by atoms with E-state index in [-0.39, 0.29) is 0 Å². The van der Waals surface area contributed by atoms with Crippen LogP contribution < -0.4 is 9.31 Å². The summed E-state index contributed by atoms with van der Waals surface area (Å²) in [6.07, 6.45) is 3.38. The Labute approximate surface area is 155 Å². The maximum Gasteiger partial charge on any atom is 0.374 e. The predicted molar refractivity (Wildman–Crippen MR) is 107 cm³/mol. The van der Waals surface area contributed by atoms with E-state index in [0.717, 1.165) is 11.1 Å². The summed E-state index contributed by atoms with van der Waals surface area (Å²) in [5.41, 5.74) is 2.97. The lowest BCUT2D eigenvalue weighted by Gasteiger charge is -2.05. The van der Waals surface area contributed by atoms with Crippen molar-refractivity contribution in [2.24, 2.45) is 9.98 Å². The number of hydrogen-bond acceptors (Lipinski definition) is 4. The zero-order valence-electron chi connectivity index (χ0n) is 13.9. The van der Waals surface area contributed by atoms with Gasteiger partial charge in [-0.2, -0.15) is 0 Å². The highest BCUT2D eigenvalue weighted by atomic mass is 16.4. The molecule has 6 heteroatoms. The molecular weight excluding hydrogens is 322 g/mol. The molecule has 0 aliphatic carbocycles. The van der Waals surface area contributed by atoms with Gasteiger partial charge in [-0.15, -0.1) is 0 Å². The lowest BCUT2D eigenvalue weighted by atomic mass is 10.2. The molecule has 0 unspecified atom stereocenters. The average Bonchev–Trinajstić information content (AvgIpc) is 2.71. The monoisotopic (exact) mass is 336 g/mol. The molecule has 3 rings (SSSR count). The summed E-state index contributed by atoms with van der Waals surface area (Å²) in [4.78, 5) is 9.02. The van der Waals surface area contributed by atoms with E-state index in [1.165, 1.54) is 0 Å². The van der Waals surface area contributed by atoms with Gasteiger partial charge in [-0.3, -0.25) is 9.98 Å². The molecule has 0 spiro atoms. The van der Waals surface area contributed by atoms with Crippen LogP contribution in [-0.2, 0) is 0 Å². The Bertz CT molecular complexity index is 866. The summed E-state index contributed by atoms with van der Waals surface area (Å²) in [6, 6.07) is 22.3. The molecule has 0 aliphatic rings. The topological polar surface area (TPSA) is 43.2 Å². The zero-order valence-corrected chi connectivity index (χ0v) is 13.9. The smallest absolute Gasteiger partial charge is 0.374 e. The van der Waals surface area contributed by atoms with Crippen LogP contribution in [0.1, 0.15) is 11.1 Å². The maximum absolute atomic E-state index is 5.28. The first-order chi connectivity index (χ1) is 12.8. The molecule has 0 saturated heterocycles. The predicted octanol–water partition coefficient (Wildman–Crippen LogP) is 4.11. The Morgan fingerprint density at radius 2 is 0.962 bits per heavy atom. The summed E-state index contributed by atoms with van der Waals surface area (Å²) in [7, 11) is 10.6. The van der Waals surface area contributed by atoms with Crippen molar-refractivity contribution >= 4 is 39.9 Å². The first-order valence-electron chi connectivity index (χ1n) is 7.90. The van der Waals surface area contributed by atoms with Crippen molar-refractivity contribution in [2.45, 2.75) is 0 Å². The summed E-state index contributed by atoms with van der Waals surface area (Å²) in [6.45, 7) is 0. The van der Waals surface area contributed by atoms with Gasteiger partial charge in [-0.25, -0.2) is 0 Å². The SMILES string of the molecule is [B]Oc1ccccc1C=Nc1ccccc1N=Cc1ccccc1O[B]. The summed E-state index contributed by atoms with van der Waals surface area (Å²) in [5, 5.41) is 0. The molecule has 0 bridgehead atoms. The van der Waals surface area contributed by atoms with Crippen molar-refractivity contribution in [1.82, 2.24) is 0 Å². The number of para-hydroxylation sites is 4. The minimum atomic E-state index is 0.547. The van der Waals surface area contributed by atoms with Gasteiger partial charge in [0.15, 0.2) is 0 Å². The van der Waals surface area contributed by atoms with Crippen LogP contribution in [0.25, 0.3) is 0 Å². The number of aliphatic imine (C=N–C) groups is 2. The molecule has 122 valence electrons. The normalized spacial score (nSPS) is 11.1. The van der Waals surface area contributed by atoms with E-state index in [0.29, 0.717) is 22.9 Å². The Morgan fingerprint density at radius 3 is 1.38 bits per heavy atom. The van der Waals surface area contributed by atoms with E-state index in [4.69, 9.17) is 25.4 Å². The van der Waals surface area contributed by atoms with E-state index in [9.17, 15) is 0 Å². The molecule has 4 radical (unpaired) electrons. The molecule has 0 aliphatic heterocycles. The van der Waals surface area contributed by atoms with Crippen LogP contribution in [0, 0.1) is 0 Å². The van der Waals surface area contributed by atoms with Crippen molar-refractivity contribution in [3.8, 4) is 11.5 Å². The van der Waals surface area contributed by atoms with E-state index < -0.39 is 0 Å². The Morgan fingerprint density at radius 1 is 0.577 bits per heavy atom. The van der Waals surface area contributed by atoms with Crippen LogP contribution >= 0.6 is 0 Å². The number of rotatable bonds is 6. The van der Waals surface area contributed by atoms with Crippen LogP contribution in [0.5, 0.6) is 11.5 Å². The molecule has 3 aromatic carbocycles. The van der Waals surface area contributed by atoms with Crippen LogP contribution in [0.2, 0.25) is 0 Å². The van der Waals surface area contributed by atoms with Gasteiger partial charge < -0.3 is 9.31 Å². The minimum absolute atomic E-state index is 0.547. The van der Waals surface area contributed by atoms with Crippen molar-refractivity contribution < 1.29 is 9.31 Å². The Balaban J connectivity index is 1.89. The van der Waals surface area contributed by atoms with Crippen molar-refractivity contribution in [3.05, 3.63) is 83.9 Å². The van der Waals surface area contributed by atoms with Crippen LogP contribution in [0.4, 0.5) is 11.4 Å². The number of hydrogen-bond donors (Lipinski definition) is 0. The summed E-state index contributed by atoms with van der Waals surface area (Å²) < 4.78 is 9.70. The van der Waals surface area contributed by atoms with Crippen molar-refractivity contribution in [3.63, 3.8) is 0 Å². The van der Waals surface area contributed by atoms with Gasteiger partial charge in [0.05, 0.1) is 11.4 Å². The highest BCUT2D eigenvalue weighted by Gasteiger charge is 2.02. The number of nitrogens with zero attached hydrogens (tertiary/aromatic N) is 2. The molecule has 26 heavy (non-hydrogen) atoms. The largest absolute Gasteiger partial charge is 0.567 e. The standard InChI is InChI=1S/C20H14B2N2O2/c21-25-19-11-5-1-7-15(19)13-23-17-9-3-4-10-18(17)24-14-16-8-2-6-12-20(16)26-22/h1-14H. The molecule has 3 aromatic rings. The third-order valence-electron chi connectivity index (χ3n) is 3.66. The van der Waals surface area contributed by atoms with Gasteiger partial charge in [0.1, 0.15) is 11.5 Å². The minimum Gasteiger partial charge on any atom is -0.567 e. The highest BCUT2D eigenvalue weighted by molar-refractivity contribution is 6.01. The fourth-order valence-electron chi connectivity index (χ4n) is 2.35. The van der Waals surface area contributed by atoms with Gasteiger partial charge in [-0.05, 0) is 36.4 Å². The molecule has 0 saturated carbocycles. The average molecular weight is 336 g/mol.